The molecule has 2 aliphatic rings. The molecule has 2 aromatic rings. The molecule has 0 fully saturated rings. The molecule has 154 valence electrons. The summed E-state index contributed by atoms with van der Waals surface area (Å²) < 4.78 is 15.8. The number of benzene rings is 2. The Balaban J connectivity index is 1.96. The summed E-state index contributed by atoms with van der Waals surface area (Å²) >= 11 is 0. The van der Waals surface area contributed by atoms with Crippen molar-refractivity contribution in [2.24, 2.45) is 0 Å². The van der Waals surface area contributed by atoms with Crippen molar-refractivity contribution in [3.05, 3.63) is 52.6 Å². The molecule has 0 amide bonds. The zero-order chi connectivity index (χ0) is 21.6. The number of esters is 1. The fourth-order valence-electron chi connectivity index (χ4n) is 3.98. The molecule has 0 aromatic heterocycles. The van der Waals surface area contributed by atoms with Crippen molar-refractivity contribution < 1.29 is 38.5 Å². The number of fused-ring (bicyclic) bond motifs is 2. The third-order valence-corrected chi connectivity index (χ3v) is 5.38. The summed E-state index contributed by atoms with van der Waals surface area (Å²) in [5.41, 5.74) is -0.275. The lowest BCUT2D eigenvalue weighted by Gasteiger charge is -2.40. The average molecular weight is 410 g/mol. The van der Waals surface area contributed by atoms with Gasteiger partial charge in [0.25, 0.3) is 6.47 Å². The Morgan fingerprint density at radius 2 is 2.03 bits per heavy atom. The zero-order valence-corrected chi connectivity index (χ0v) is 16.3. The van der Waals surface area contributed by atoms with E-state index >= 15 is 0 Å². The molecule has 1 heterocycles. The molecule has 1 N–H and O–H groups in total. The van der Waals surface area contributed by atoms with Crippen molar-refractivity contribution in [2.75, 3.05) is 0 Å². The van der Waals surface area contributed by atoms with Gasteiger partial charge in [0.1, 0.15) is 0 Å². The standard InChI is InChI=1S/C22H18O8/c1-3-22(28-10-23)9-15-17(21(27)30-22)19(26)16-14(18(15)25)8-12-6-4-5-7-13(12)20(16)29-11(2)24/h4-8,10,21,27H,3,9H2,1-2H3/t21-,22+/m1/s1. The highest BCUT2D eigenvalue weighted by Crippen LogP contribution is 2.45. The molecule has 0 unspecified atom stereocenters. The minimum Gasteiger partial charge on any atom is -0.435 e. The molecule has 8 nitrogen and oxygen atoms in total. The molecule has 0 bridgehead atoms. The van der Waals surface area contributed by atoms with Crippen LogP contribution >= 0.6 is 0 Å². The molecule has 2 atom stereocenters. The largest absolute Gasteiger partial charge is 0.435 e. The molecule has 1 aliphatic heterocycles. The van der Waals surface area contributed by atoms with Crippen LogP contribution in [0.4, 0.5) is 0 Å². The Morgan fingerprint density at radius 1 is 1.30 bits per heavy atom. The number of rotatable bonds is 4. The molecule has 8 heteroatoms. The molecule has 0 radical (unpaired) electrons. The van der Waals surface area contributed by atoms with Crippen LogP contribution in [0.3, 0.4) is 0 Å². The maximum Gasteiger partial charge on any atom is 0.308 e. The van der Waals surface area contributed by atoms with E-state index in [0.29, 0.717) is 10.8 Å². The molecule has 4 rings (SSSR count). The minimum atomic E-state index is -1.78. The van der Waals surface area contributed by atoms with Gasteiger partial charge in [-0.05, 0) is 11.5 Å². The topological polar surface area (TPSA) is 116 Å². The van der Waals surface area contributed by atoms with Crippen LogP contribution in [0.5, 0.6) is 5.75 Å². The first kappa shape index (κ1) is 19.9. The third kappa shape index (κ3) is 2.92. The van der Waals surface area contributed by atoms with Gasteiger partial charge in [0, 0.05) is 36.3 Å². The van der Waals surface area contributed by atoms with Crippen molar-refractivity contribution in [3.63, 3.8) is 0 Å². The number of hydrogen-bond acceptors (Lipinski definition) is 8. The Morgan fingerprint density at radius 3 is 2.70 bits per heavy atom. The van der Waals surface area contributed by atoms with Gasteiger partial charge < -0.3 is 19.3 Å². The summed E-state index contributed by atoms with van der Waals surface area (Å²) in [6.45, 7) is 3.03. The highest BCUT2D eigenvalue weighted by Gasteiger charge is 2.49. The highest BCUT2D eigenvalue weighted by atomic mass is 16.8. The van der Waals surface area contributed by atoms with Crippen LogP contribution in [-0.2, 0) is 19.1 Å². The fraction of sp³-hybridized carbons (Fsp3) is 0.273. The van der Waals surface area contributed by atoms with Crippen LogP contribution in [0.2, 0.25) is 0 Å². The van der Waals surface area contributed by atoms with E-state index in [2.05, 4.69) is 0 Å². The van der Waals surface area contributed by atoms with Crippen LogP contribution in [0.15, 0.2) is 41.5 Å². The first-order valence-corrected chi connectivity index (χ1v) is 9.36. The Hall–Kier alpha value is -3.36. The van der Waals surface area contributed by atoms with Crippen LogP contribution in [0, 0.1) is 0 Å². The molecule has 2 aromatic carbocycles. The van der Waals surface area contributed by atoms with Gasteiger partial charge in [0.15, 0.2) is 23.6 Å². The number of ketones is 2. The van der Waals surface area contributed by atoms with Gasteiger partial charge in [-0.2, -0.15) is 0 Å². The van der Waals surface area contributed by atoms with E-state index in [-0.39, 0.29) is 47.3 Å². The number of carbonyl (C=O) groups is 4. The van der Waals surface area contributed by atoms with Gasteiger partial charge in [0.2, 0.25) is 5.79 Å². The highest BCUT2D eigenvalue weighted by molar-refractivity contribution is 6.30. The number of hydrogen-bond donors (Lipinski definition) is 1. The molecule has 30 heavy (non-hydrogen) atoms. The summed E-state index contributed by atoms with van der Waals surface area (Å²) in [5.74, 6) is -3.44. The van der Waals surface area contributed by atoms with Crippen molar-refractivity contribution in [1.29, 1.82) is 0 Å². The van der Waals surface area contributed by atoms with E-state index in [1.54, 1.807) is 37.3 Å². The van der Waals surface area contributed by atoms with Crippen molar-refractivity contribution in [1.82, 2.24) is 0 Å². The molecule has 0 saturated carbocycles. The average Bonchev–Trinajstić information content (AvgIpc) is 2.71. The maximum atomic E-state index is 13.4. The van der Waals surface area contributed by atoms with E-state index < -0.39 is 29.6 Å². The van der Waals surface area contributed by atoms with E-state index in [1.165, 1.54) is 6.92 Å². The summed E-state index contributed by atoms with van der Waals surface area (Å²) in [4.78, 5) is 49.4. The van der Waals surface area contributed by atoms with E-state index in [1.807, 2.05) is 0 Å². The summed E-state index contributed by atoms with van der Waals surface area (Å²) in [5, 5.41) is 11.6. The van der Waals surface area contributed by atoms with Gasteiger partial charge in [0.05, 0.1) is 11.1 Å². The minimum absolute atomic E-state index is 0.0130. The van der Waals surface area contributed by atoms with Crippen LogP contribution in [0.1, 0.15) is 47.4 Å². The van der Waals surface area contributed by atoms with Crippen LogP contribution < -0.4 is 4.74 Å². The zero-order valence-electron chi connectivity index (χ0n) is 16.3. The molecule has 1 aliphatic carbocycles. The molecule has 0 saturated heterocycles. The Bertz CT molecular complexity index is 1150. The number of aliphatic hydroxyl groups excluding tert-OH is 1. The van der Waals surface area contributed by atoms with Gasteiger partial charge >= 0.3 is 5.97 Å². The lowest BCUT2D eigenvalue weighted by molar-refractivity contribution is -0.277. The van der Waals surface area contributed by atoms with Crippen molar-refractivity contribution in [3.8, 4) is 5.75 Å². The normalized spacial score (nSPS) is 23.1. The smallest absolute Gasteiger partial charge is 0.308 e. The van der Waals surface area contributed by atoms with Crippen LogP contribution in [0.25, 0.3) is 10.8 Å². The van der Waals surface area contributed by atoms with E-state index in [4.69, 9.17) is 14.2 Å². The molecule has 0 spiro atoms. The monoisotopic (exact) mass is 410 g/mol. The van der Waals surface area contributed by atoms with Gasteiger partial charge in [-0.3, -0.25) is 19.2 Å². The molecular formula is C22H18O8. The lowest BCUT2D eigenvalue weighted by Crippen LogP contribution is -2.47. The third-order valence-electron chi connectivity index (χ3n) is 5.38. The van der Waals surface area contributed by atoms with Crippen molar-refractivity contribution in [2.45, 2.75) is 38.8 Å². The predicted molar refractivity (Wildman–Crippen MR) is 103 cm³/mol. The molecular weight excluding hydrogens is 392 g/mol. The predicted octanol–water partition coefficient (Wildman–Crippen LogP) is 2.46. The Labute approximate surface area is 171 Å². The number of carbonyl (C=O) groups excluding carboxylic acids is 4. The fourth-order valence-corrected chi connectivity index (χ4v) is 3.98. The quantitative estimate of drug-likeness (QED) is 0.464. The van der Waals surface area contributed by atoms with Crippen molar-refractivity contribution >= 4 is 34.8 Å². The van der Waals surface area contributed by atoms with Gasteiger partial charge in [-0.15, -0.1) is 0 Å². The summed E-state index contributed by atoms with van der Waals surface area (Å²) in [6.07, 6.45) is -1.81. The lowest BCUT2D eigenvalue weighted by atomic mass is 9.78. The van der Waals surface area contributed by atoms with Gasteiger partial charge in [-0.25, -0.2) is 0 Å². The van der Waals surface area contributed by atoms with Gasteiger partial charge in [-0.1, -0.05) is 31.2 Å². The first-order chi connectivity index (χ1) is 14.3. The number of Topliss-reactive ketones (excluding diaryl/α,β-unsaturated/α-hetero) is 2. The Kier molecular flexibility index (Phi) is 4.76. The maximum absolute atomic E-state index is 13.4. The summed E-state index contributed by atoms with van der Waals surface area (Å²) in [6, 6.07) is 8.42. The summed E-state index contributed by atoms with van der Waals surface area (Å²) in [7, 11) is 0. The van der Waals surface area contributed by atoms with Crippen LogP contribution in [-0.4, -0.2) is 41.2 Å². The first-order valence-electron chi connectivity index (χ1n) is 9.36. The second-order valence-corrected chi connectivity index (χ2v) is 7.12. The van der Waals surface area contributed by atoms with E-state index in [9.17, 15) is 24.3 Å². The number of aliphatic hydroxyl groups is 1. The second kappa shape index (κ2) is 7.16. The second-order valence-electron chi connectivity index (χ2n) is 7.12. The SMILES string of the molecule is CC[C@@]1(OC=O)CC2=C(C(=O)c3c(cc4ccccc4c3OC(C)=O)C2=O)[C@H](O)O1. The number of ether oxygens (including phenoxy) is 3. The van der Waals surface area contributed by atoms with E-state index in [0.717, 1.165) is 0 Å².